The molecule has 21 heavy (non-hydrogen) atoms. The first-order valence-electron chi connectivity index (χ1n) is 6.88. The molecule has 112 valence electrons. The number of benzene rings is 1. The number of methoxy groups -OCH3 is 1. The molecule has 1 saturated carbocycles. The van der Waals surface area contributed by atoms with E-state index < -0.39 is 0 Å². The van der Waals surface area contributed by atoms with E-state index in [4.69, 9.17) is 26.8 Å². The van der Waals surface area contributed by atoms with Gasteiger partial charge in [-0.1, -0.05) is 11.6 Å². The van der Waals surface area contributed by atoms with E-state index >= 15 is 0 Å². The summed E-state index contributed by atoms with van der Waals surface area (Å²) in [6.45, 7) is 0.686. The van der Waals surface area contributed by atoms with Crippen LogP contribution in [0.2, 0.25) is 5.02 Å². The second kappa shape index (κ2) is 5.48. The predicted octanol–water partition coefficient (Wildman–Crippen LogP) is 3.12. The van der Waals surface area contributed by atoms with Gasteiger partial charge in [0, 0.05) is 18.7 Å². The van der Waals surface area contributed by atoms with Crippen LogP contribution in [0.4, 0.5) is 5.82 Å². The fourth-order valence-electron chi connectivity index (χ4n) is 2.12. The zero-order chi connectivity index (χ0) is 15.0. The number of aromatic nitrogens is 2. The summed E-state index contributed by atoms with van der Waals surface area (Å²) >= 11 is 6.34. The molecule has 0 saturated heterocycles. The molecule has 0 spiro atoms. The van der Waals surface area contributed by atoms with Crippen LogP contribution >= 0.6 is 11.6 Å². The Bertz CT molecular complexity index is 646. The van der Waals surface area contributed by atoms with Crippen molar-refractivity contribution in [1.82, 2.24) is 9.78 Å². The number of hydrogen-bond acceptors (Lipinski definition) is 4. The van der Waals surface area contributed by atoms with E-state index in [0.29, 0.717) is 34.9 Å². The molecule has 1 heterocycles. The topological polar surface area (TPSA) is 62.3 Å². The van der Waals surface area contributed by atoms with Crippen LogP contribution in [-0.4, -0.2) is 23.5 Å². The molecular formula is C15H18ClN3O2. The van der Waals surface area contributed by atoms with Gasteiger partial charge in [-0.05, 0) is 30.9 Å². The third kappa shape index (κ3) is 2.93. The van der Waals surface area contributed by atoms with E-state index in [9.17, 15) is 0 Å². The number of nitrogens with two attached hydrogens (primary N) is 1. The van der Waals surface area contributed by atoms with Crippen molar-refractivity contribution in [2.45, 2.75) is 12.8 Å². The maximum Gasteiger partial charge on any atom is 0.179 e. The SMILES string of the molecule is COc1cc(-c2cc(N)n(C)n2)cc(Cl)c1OCC1CC1. The van der Waals surface area contributed by atoms with Gasteiger partial charge in [0.2, 0.25) is 0 Å². The minimum Gasteiger partial charge on any atom is -0.493 e. The number of nitrogens with zero attached hydrogens (tertiary/aromatic N) is 2. The summed E-state index contributed by atoms with van der Waals surface area (Å²) in [6, 6.07) is 5.50. The second-order valence-electron chi connectivity index (χ2n) is 5.32. The molecule has 5 nitrogen and oxygen atoms in total. The summed E-state index contributed by atoms with van der Waals surface area (Å²) in [5.74, 6) is 2.45. The van der Waals surface area contributed by atoms with Crippen LogP contribution in [0.3, 0.4) is 0 Å². The summed E-state index contributed by atoms with van der Waals surface area (Å²) in [5, 5.41) is 4.87. The highest BCUT2D eigenvalue weighted by atomic mass is 35.5. The fourth-order valence-corrected chi connectivity index (χ4v) is 2.38. The van der Waals surface area contributed by atoms with Crippen molar-refractivity contribution >= 4 is 17.4 Å². The normalized spacial score (nSPS) is 14.2. The van der Waals surface area contributed by atoms with Crippen LogP contribution in [0.15, 0.2) is 18.2 Å². The Morgan fingerprint density at radius 1 is 1.38 bits per heavy atom. The average molecular weight is 308 g/mol. The molecule has 1 aliphatic carbocycles. The number of ether oxygens (including phenoxy) is 2. The van der Waals surface area contributed by atoms with Crippen molar-refractivity contribution in [2.24, 2.45) is 13.0 Å². The first kappa shape index (κ1) is 14.1. The van der Waals surface area contributed by atoms with Gasteiger partial charge in [0.1, 0.15) is 5.82 Å². The molecule has 0 atom stereocenters. The number of nitrogen functional groups attached to an aromatic ring is 1. The highest BCUT2D eigenvalue weighted by Crippen LogP contribution is 2.40. The summed E-state index contributed by atoms with van der Waals surface area (Å²) in [5.41, 5.74) is 7.42. The van der Waals surface area contributed by atoms with Crippen LogP contribution in [0.25, 0.3) is 11.3 Å². The minimum absolute atomic E-state index is 0.522. The highest BCUT2D eigenvalue weighted by Gasteiger charge is 2.23. The number of anilines is 1. The molecule has 3 rings (SSSR count). The molecule has 1 fully saturated rings. The smallest absolute Gasteiger partial charge is 0.179 e. The Balaban J connectivity index is 1.93. The van der Waals surface area contributed by atoms with Gasteiger partial charge in [-0.15, -0.1) is 0 Å². The van der Waals surface area contributed by atoms with Crippen molar-refractivity contribution in [1.29, 1.82) is 0 Å². The summed E-state index contributed by atoms with van der Waals surface area (Å²) in [4.78, 5) is 0. The van der Waals surface area contributed by atoms with E-state index in [-0.39, 0.29) is 0 Å². The third-order valence-corrected chi connectivity index (χ3v) is 3.88. The molecule has 0 radical (unpaired) electrons. The molecule has 0 amide bonds. The van der Waals surface area contributed by atoms with Gasteiger partial charge < -0.3 is 15.2 Å². The van der Waals surface area contributed by atoms with Gasteiger partial charge >= 0.3 is 0 Å². The van der Waals surface area contributed by atoms with Gasteiger partial charge in [-0.2, -0.15) is 5.10 Å². The monoisotopic (exact) mass is 307 g/mol. The zero-order valence-electron chi connectivity index (χ0n) is 12.1. The lowest BCUT2D eigenvalue weighted by atomic mass is 10.1. The lowest BCUT2D eigenvalue weighted by Crippen LogP contribution is -2.02. The van der Waals surface area contributed by atoms with E-state index in [1.165, 1.54) is 12.8 Å². The highest BCUT2D eigenvalue weighted by molar-refractivity contribution is 6.32. The van der Waals surface area contributed by atoms with Gasteiger partial charge in [0.25, 0.3) is 0 Å². The number of rotatable bonds is 5. The fraction of sp³-hybridized carbons (Fsp3) is 0.400. The number of aryl methyl sites for hydroxylation is 1. The average Bonchev–Trinajstić information content (AvgIpc) is 3.22. The molecule has 1 aromatic carbocycles. The Kier molecular flexibility index (Phi) is 3.68. The summed E-state index contributed by atoms with van der Waals surface area (Å²) in [6.07, 6.45) is 2.45. The molecule has 0 bridgehead atoms. The van der Waals surface area contributed by atoms with E-state index in [0.717, 1.165) is 11.3 Å². The maximum absolute atomic E-state index is 6.34. The first-order chi connectivity index (χ1) is 10.1. The molecular weight excluding hydrogens is 290 g/mol. The Morgan fingerprint density at radius 2 is 2.14 bits per heavy atom. The van der Waals surface area contributed by atoms with Crippen molar-refractivity contribution in [3.8, 4) is 22.8 Å². The predicted molar refractivity (Wildman–Crippen MR) is 82.8 cm³/mol. The molecule has 0 aliphatic heterocycles. The minimum atomic E-state index is 0.522. The Labute approximate surface area is 128 Å². The molecule has 6 heteroatoms. The molecule has 2 aromatic rings. The van der Waals surface area contributed by atoms with Gasteiger partial charge in [0.05, 0.1) is 24.4 Å². The van der Waals surface area contributed by atoms with Crippen LogP contribution < -0.4 is 15.2 Å². The standard InChI is InChI=1S/C15H18ClN3O2/c1-19-14(17)7-12(18-19)10-5-11(16)15(13(6-10)20-2)21-8-9-3-4-9/h5-7,9H,3-4,8,17H2,1-2H3. The van der Waals surface area contributed by atoms with Crippen LogP contribution in [0, 0.1) is 5.92 Å². The molecule has 1 aromatic heterocycles. The van der Waals surface area contributed by atoms with Gasteiger partial charge in [-0.3, -0.25) is 4.68 Å². The van der Waals surface area contributed by atoms with Crippen molar-refractivity contribution in [3.05, 3.63) is 23.2 Å². The number of halogens is 1. The van der Waals surface area contributed by atoms with Crippen LogP contribution in [0.1, 0.15) is 12.8 Å². The van der Waals surface area contributed by atoms with E-state index in [2.05, 4.69) is 5.10 Å². The van der Waals surface area contributed by atoms with Gasteiger partial charge in [-0.25, -0.2) is 0 Å². The van der Waals surface area contributed by atoms with Crippen LogP contribution in [0.5, 0.6) is 11.5 Å². The molecule has 1 aliphatic rings. The summed E-state index contributed by atoms with van der Waals surface area (Å²) < 4.78 is 12.8. The Hall–Kier alpha value is -1.88. The van der Waals surface area contributed by atoms with E-state index in [1.54, 1.807) is 24.9 Å². The maximum atomic E-state index is 6.34. The van der Waals surface area contributed by atoms with Crippen molar-refractivity contribution in [3.63, 3.8) is 0 Å². The lowest BCUT2D eigenvalue weighted by molar-refractivity contribution is 0.280. The second-order valence-corrected chi connectivity index (χ2v) is 5.73. The van der Waals surface area contributed by atoms with Crippen molar-refractivity contribution in [2.75, 3.05) is 19.5 Å². The lowest BCUT2D eigenvalue weighted by Gasteiger charge is -2.13. The first-order valence-corrected chi connectivity index (χ1v) is 7.26. The largest absolute Gasteiger partial charge is 0.493 e. The number of hydrogen-bond donors (Lipinski definition) is 1. The molecule has 0 unspecified atom stereocenters. The van der Waals surface area contributed by atoms with Crippen LogP contribution in [-0.2, 0) is 7.05 Å². The Morgan fingerprint density at radius 3 is 2.71 bits per heavy atom. The molecule has 2 N–H and O–H groups in total. The van der Waals surface area contributed by atoms with Crippen molar-refractivity contribution < 1.29 is 9.47 Å². The zero-order valence-corrected chi connectivity index (χ0v) is 12.9. The third-order valence-electron chi connectivity index (χ3n) is 3.60. The quantitative estimate of drug-likeness (QED) is 0.922. The van der Waals surface area contributed by atoms with Gasteiger partial charge in [0.15, 0.2) is 11.5 Å². The summed E-state index contributed by atoms with van der Waals surface area (Å²) in [7, 11) is 3.40. The van der Waals surface area contributed by atoms with E-state index in [1.807, 2.05) is 12.1 Å².